The van der Waals surface area contributed by atoms with Crippen molar-refractivity contribution in [2.24, 2.45) is 0 Å². The molecule has 0 heterocycles. The van der Waals surface area contributed by atoms with Gasteiger partial charge in [0.05, 0.1) is 7.11 Å². The van der Waals surface area contributed by atoms with Crippen LogP contribution in [-0.4, -0.2) is 30.1 Å². The zero-order valence-electron chi connectivity index (χ0n) is 11.6. The number of methoxy groups -OCH3 is 1. The number of nitrogens with one attached hydrogen (secondary N) is 1. The molecule has 0 aliphatic rings. The zero-order chi connectivity index (χ0) is 15.0. The van der Waals surface area contributed by atoms with Gasteiger partial charge in [0.1, 0.15) is 5.75 Å². The van der Waals surface area contributed by atoms with Gasteiger partial charge in [-0.05, 0) is 37.1 Å². The summed E-state index contributed by atoms with van der Waals surface area (Å²) >= 11 is 0. The van der Waals surface area contributed by atoms with Gasteiger partial charge in [0.15, 0.2) is 0 Å². The van der Waals surface area contributed by atoms with Crippen LogP contribution in [0.2, 0.25) is 0 Å². The molecule has 1 aromatic carbocycles. The molecule has 20 heavy (non-hydrogen) atoms. The molecule has 5 heteroatoms. The molecular weight excluding hydrogens is 258 g/mol. The number of hydrogen-bond acceptors (Lipinski definition) is 3. The molecule has 2 N–H and O–H groups in total. The van der Waals surface area contributed by atoms with E-state index in [9.17, 15) is 9.59 Å². The zero-order valence-corrected chi connectivity index (χ0v) is 11.6. The molecule has 0 bridgehead atoms. The monoisotopic (exact) mass is 277 g/mol. The molecule has 5 nitrogen and oxygen atoms in total. The summed E-state index contributed by atoms with van der Waals surface area (Å²) in [7, 11) is 1.58. The molecule has 108 valence electrons. The van der Waals surface area contributed by atoms with Gasteiger partial charge < -0.3 is 15.2 Å². The maximum Gasteiger partial charge on any atom is 0.303 e. The van der Waals surface area contributed by atoms with Crippen LogP contribution in [0.15, 0.2) is 30.3 Å². The Balaban J connectivity index is 2.48. The fourth-order valence-electron chi connectivity index (χ4n) is 1.62. The van der Waals surface area contributed by atoms with Gasteiger partial charge in [0.25, 0.3) is 0 Å². The minimum Gasteiger partial charge on any atom is -0.497 e. The molecule has 1 atom stereocenters. The lowest BCUT2D eigenvalue weighted by atomic mass is 10.1. The Morgan fingerprint density at radius 3 is 2.85 bits per heavy atom. The van der Waals surface area contributed by atoms with Crippen molar-refractivity contribution in [1.82, 2.24) is 5.32 Å². The minimum atomic E-state index is -0.863. The van der Waals surface area contributed by atoms with Crippen molar-refractivity contribution in [2.75, 3.05) is 7.11 Å². The highest BCUT2D eigenvalue weighted by atomic mass is 16.5. The molecule has 0 radical (unpaired) electrons. The maximum atomic E-state index is 11.6. The largest absolute Gasteiger partial charge is 0.497 e. The number of hydrogen-bond donors (Lipinski definition) is 2. The Labute approximate surface area is 118 Å². The van der Waals surface area contributed by atoms with Crippen LogP contribution in [0, 0.1) is 0 Å². The van der Waals surface area contributed by atoms with E-state index in [-0.39, 0.29) is 18.4 Å². The Morgan fingerprint density at radius 2 is 2.20 bits per heavy atom. The number of ether oxygens (including phenoxy) is 1. The fourth-order valence-corrected chi connectivity index (χ4v) is 1.62. The standard InChI is InChI=1S/C15H19NO4/c1-11(6-9-15(18)19)16-14(17)8-7-12-4-3-5-13(10-12)20-2/h3-5,7-8,10-11H,6,9H2,1-2H3,(H,16,17)(H,18,19). The summed E-state index contributed by atoms with van der Waals surface area (Å²) in [5.41, 5.74) is 0.859. The number of amides is 1. The lowest BCUT2D eigenvalue weighted by Crippen LogP contribution is -2.31. The quantitative estimate of drug-likeness (QED) is 0.748. The molecular formula is C15H19NO4. The number of carboxylic acids is 1. The van der Waals surface area contributed by atoms with Gasteiger partial charge in [-0.1, -0.05) is 12.1 Å². The summed E-state index contributed by atoms with van der Waals surface area (Å²) in [5.74, 6) is -0.383. The number of rotatable bonds is 7. The minimum absolute atomic E-state index is 0.0427. The summed E-state index contributed by atoms with van der Waals surface area (Å²) in [6.45, 7) is 1.78. The van der Waals surface area contributed by atoms with Gasteiger partial charge in [-0.3, -0.25) is 9.59 Å². The average molecular weight is 277 g/mol. The number of carbonyl (C=O) groups excluding carboxylic acids is 1. The third-order valence-electron chi connectivity index (χ3n) is 2.70. The Kier molecular flexibility index (Phi) is 6.29. The highest BCUT2D eigenvalue weighted by Gasteiger charge is 2.06. The third-order valence-corrected chi connectivity index (χ3v) is 2.70. The van der Waals surface area contributed by atoms with E-state index >= 15 is 0 Å². The van der Waals surface area contributed by atoms with Crippen LogP contribution in [0.25, 0.3) is 6.08 Å². The van der Waals surface area contributed by atoms with Crippen LogP contribution >= 0.6 is 0 Å². The van der Waals surface area contributed by atoms with E-state index in [0.29, 0.717) is 6.42 Å². The lowest BCUT2D eigenvalue weighted by Gasteiger charge is -2.10. The van der Waals surface area contributed by atoms with E-state index in [4.69, 9.17) is 9.84 Å². The molecule has 0 saturated heterocycles. The van der Waals surface area contributed by atoms with Crippen LogP contribution in [0.3, 0.4) is 0 Å². The van der Waals surface area contributed by atoms with Crippen LogP contribution < -0.4 is 10.1 Å². The van der Waals surface area contributed by atoms with Gasteiger partial charge in [0.2, 0.25) is 5.91 Å². The van der Waals surface area contributed by atoms with E-state index in [2.05, 4.69) is 5.32 Å². The second kappa shape index (κ2) is 7.99. The molecule has 0 spiro atoms. The van der Waals surface area contributed by atoms with E-state index in [1.807, 2.05) is 24.3 Å². The van der Waals surface area contributed by atoms with Crippen molar-refractivity contribution in [1.29, 1.82) is 0 Å². The van der Waals surface area contributed by atoms with Gasteiger partial charge in [-0.15, -0.1) is 0 Å². The van der Waals surface area contributed by atoms with Crippen LogP contribution in [0.5, 0.6) is 5.75 Å². The molecule has 0 saturated carbocycles. The average Bonchev–Trinajstić information content (AvgIpc) is 2.43. The highest BCUT2D eigenvalue weighted by Crippen LogP contribution is 2.13. The Hall–Kier alpha value is -2.30. The summed E-state index contributed by atoms with van der Waals surface area (Å²) in [5, 5.41) is 11.3. The Morgan fingerprint density at radius 1 is 1.45 bits per heavy atom. The summed E-state index contributed by atoms with van der Waals surface area (Å²) in [6.07, 6.45) is 3.56. The first kappa shape index (κ1) is 15.8. The van der Waals surface area contributed by atoms with Crippen LogP contribution in [0.1, 0.15) is 25.3 Å². The number of carboxylic acid groups (broad SMARTS) is 1. The van der Waals surface area contributed by atoms with Crippen LogP contribution in [-0.2, 0) is 9.59 Å². The SMILES string of the molecule is COc1cccc(C=CC(=O)NC(C)CCC(=O)O)c1. The van der Waals surface area contributed by atoms with Crippen molar-refractivity contribution in [3.63, 3.8) is 0 Å². The second-order valence-electron chi connectivity index (χ2n) is 4.45. The van der Waals surface area contributed by atoms with Crippen molar-refractivity contribution in [3.8, 4) is 5.75 Å². The van der Waals surface area contributed by atoms with Gasteiger partial charge in [-0.25, -0.2) is 0 Å². The first-order valence-corrected chi connectivity index (χ1v) is 6.35. The molecule has 0 aromatic heterocycles. The van der Waals surface area contributed by atoms with Crippen molar-refractivity contribution in [3.05, 3.63) is 35.9 Å². The molecule has 1 amide bonds. The number of aliphatic carboxylic acids is 1. The summed E-state index contributed by atoms with van der Waals surface area (Å²) < 4.78 is 5.09. The van der Waals surface area contributed by atoms with E-state index in [1.54, 1.807) is 20.1 Å². The van der Waals surface area contributed by atoms with Crippen molar-refractivity contribution >= 4 is 18.0 Å². The molecule has 0 aliphatic carbocycles. The summed E-state index contributed by atoms with van der Waals surface area (Å²) in [4.78, 5) is 22.1. The third kappa shape index (κ3) is 6.04. The van der Waals surface area contributed by atoms with Gasteiger partial charge >= 0.3 is 5.97 Å². The van der Waals surface area contributed by atoms with E-state index < -0.39 is 5.97 Å². The van der Waals surface area contributed by atoms with Crippen LogP contribution in [0.4, 0.5) is 0 Å². The van der Waals surface area contributed by atoms with Crippen molar-refractivity contribution in [2.45, 2.75) is 25.8 Å². The van der Waals surface area contributed by atoms with Gasteiger partial charge in [-0.2, -0.15) is 0 Å². The Bertz CT molecular complexity index is 496. The van der Waals surface area contributed by atoms with E-state index in [0.717, 1.165) is 11.3 Å². The maximum absolute atomic E-state index is 11.6. The first-order chi connectivity index (χ1) is 9.51. The highest BCUT2D eigenvalue weighted by molar-refractivity contribution is 5.91. The predicted molar refractivity (Wildman–Crippen MR) is 76.5 cm³/mol. The van der Waals surface area contributed by atoms with Crippen molar-refractivity contribution < 1.29 is 19.4 Å². The molecule has 0 aliphatic heterocycles. The first-order valence-electron chi connectivity index (χ1n) is 6.35. The molecule has 1 rings (SSSR count). The number of benzene rings is 1. The number of carbonyl (C=O) groups is 2. The smallest absolute Gasteiger partial charge is 0.303 e. The molecule has 0 fully saturated rings. The summed E-state index contributed by atoms with van der Waals surface area (Å²) in [6, 6.07) is 7.17. The molecule has 1 aromatic rings. The van der Waals surface area contributed by atoms with E-state index in [1.165, 1.54) is 6.08 Å². The lowest BCUT2D eigenvalue weighted by molar-refractivity contribution is -0.137. The second-order valence-corrected chi connectivity index (χ2v) is 4.45. The molecule has 1 unspecified atom stereocenters. The predicted octanol–water partition coefficient (Wildman–Crippen LogP) is 2.08. The fraction of sp³-hybridized carbons (Fsp3) is 0.333. The topological polar surface area (TPSA) is 75.6 Å². The van der Waals surface area contributed by atoms with Gasteiger partial charge in [0, 0.05) is 18.5 Å². The normalized spacial score (nSPS) is 12.1.